The summed E-state index contributed by atoms with van der Waals surface area (Å²) in [6.45, 7) is 2.64. The molecule has 20 heavy (non-hydrogen) atoms. The largest absolute Gasteiger partial charge is 0.487 e. The summed E-state index contributed by atoms with van der Waals surface area (Å²) in [5.74, 6) is -2.77. The van der Waals surface area contributed by atoms with Crippen molar-refractivity contribution in [2.75, 3.05) is 19.8 Å². The van der Waals surface area contributed by atoms with Crippen LogP contribution in [0.4, 0.5) is 8.78 Å². The summed E-state index contributed by atoms with van der Waals surface area (Å²) in [5, 5.41) is 0. The second kappa shape index (κ2) is 7.75. The topological polar surface area (TPSA) is 52.6 Å². The van der Waals surface area contributed by atoms with E-state index in [4.69, 9.17) is 20.2 Å². The van der Waals surface area contributed by atoms with E-state index in [9.17, 15) is 17.2 Å². The van der Waals surface area contributed by atoms with Crippen molar-refractivity contribution in [3.05, 3.63) is 23.8 Å². The molecular formula is C12H15ClF2O4S. The minimum Gasteiger partial charge on any atom is -0.487 e. The van der Waals surface area contributed by atoms with Crippen LogP contribution in [-0.4, -0.2) is 28.2 Å². The van der Waals surface area contributed by atoms with Crippen LogP contribution in [0.3, 0.4) is 0 Å². The highest BCUT2D eigenvalue weighted by Gasteiger charge is 2.22. The lowest BCUT2D eigenvalue weighted by Crippen LogP contribution is -2.10. The molecule has 0 atom stereocenters. The highest BCUT2D eigenvalue weighted by molar-refractivity contribution is 8.13. The molecule has 0 radical (unpaired) electrons. The fourth-order valence-electron chi connectivity index (χ4n) is 1.41. The lowest BCUT2D eigenvalue weighted by atomic mass is 10.3. The molecule has 0 bridgehead atoms. The predicted octanol–water partition coefficient (Wildman–Crippen LogP) is 3.09. The molecule has 8 heteroatoms. The fourth-order valence-corrected chi connectivity index (χ4v) is 2.38. The molecule has 0 fully saturated rings. The summed E-state index contributed by atoms with van der Waals surface area (Å²) in [6, 6.07) is 1.14. The lowest BCUT2D eigenvalue weighted by Gasteiger charge is -2.11. The van der Waals surface area contributed by atoms with Gasteiger partial charge in [0.25, 0.3) is 9.05 Å². The van der Waals surface area contributed by atoms with Crippen molar-refractivity contribution in [3.8, 4) is 5.75 Å². The van der Waals surface area contributed by atoms with E-state index in [0.29, 0.717) is 18.7 Å². The quantitative estimate of drug-likeness (QED) is 0.543. The van der Waals surface area contributed by atoms with Gasteiger partial charge in [0.2, 0.25) is 0 Å². The molecule has 114 valence electrons. The van der Waals surface area contributed by atoms with Crippen LogP contribution in [0.1, 0.15) is 19.8 Å². The number of rotatable bonds is 8. The van der Waals surface area contributed by atoms with Crippen molar-refractivity contribution in [1.82, 2.24) is 0 Å². The minimum atomic E-state index is -4.30. The average Bonchev–Trinajstić information content (AvgIpc) is 2.34. The maximum Gasteiger partial charge on any atom is 0.265 e. The Labute approximate surface area is 121 Å². The third-order valence-electron chi connectivity index (χ3n) is 2.35. The van der Waals surface area contributed by atoms with E-state index in [1.807, 2.05) is 6.92 Å². The lowest BCUT2D eigenvalue weighted by molar-refractivity contribution is 0.0955. The zero-order valence-corrected chi connectivity index (χ0v) is 12.4. The minimum absolute atomic E-state index is 0.0638. The number of benzene rings is 1. The molecule has 0 saturated carbocycles. The SMILES string of the molecule is CCCCOCCOc1c(F)cc(F)cc1S(=O)(=O)Cl. The molecule has 4 nitrogen and oxygen atoms in total. The van der Waals surface area contributed by atoms with Gasteiger partial charge < -0.3 is 9.47 Å². The fraction of sp³-hybridized carbons (Fsp3) is 0.500. The Morgan fingerprint density at radius 1 is 1.20 bits per heavy atom. The van der Waals surface area contributed by atoms with E-state index < -0.39 is 31.3 Å². The van der Waals surface area contributed by atoms with E-state index in [1.54, 1.807) is 0 Å². The molecule has 0 unspecified atom stereocenters. The van der Waals surface area contributed by atoms with E-state index in [0.717, 1.165) is 12.8 Å². The summed E-state index contributed by atoms with van der Waals surface area (Å²) in [4.78, 5) is -0.731. The van der Waals surface area contributed by atoms with Crippen LogP contribution in [0.5, 0.6) is 5.75 Å². The van der Waals surface area contributed by atoms with Crippen LogP contribution >= 0.6 is 10.7 Å². The van der Waals surface area contributed by atoms with Gasteiger partial charge in [-0.25, -0.2) is 17.2 Å². The molecule has 0 aliphatic heterocycles. The predicted molar refractivity (Wildman–Crippen MR) is 70.6 cm³/mol. The van der Waals surface area contributed by atoms with Gasteiger partial charge in [0.05, 0.1) is 6.61 Å². The maximum atomic E-state index is 13.5. The first-order chi connectivity index (χ1) is 9.36. The van der Waals surface area contributed by atoms with Crippen LogP contribution in [0, 0.1) is 11.6 Å². The highest BCUT2D eigenvalue weighted by Crippen LogP contribution is 2.30. The molecule has 0 aromatic heterocycles. The van der Waals surface area contributed by atoms with E-state index in [2.05, 4.69) is 0 Å². The number of hydrogen-bond donors (Lipinski definition) is 0. The number of hydrogen-bond acceptors (Lipinski definition) is 4. The molecule has 1 aromatic carbocycles. The Kier molecular flexibility index (Phi) is 6.64. The van der Waals surface area contributed by atoms with Crippen molar-refractivity contribution >= 4 is 19.7 Å². The van der Waals surface area contributed by atoms with Crippen molar-refractivity contribution < 1.29 is 26.7 Å². The van der Waals surface area contributed by atoms with Gasteiger partial charge in [0.1, 0.15) is 17.3 Å². The van der Waals surface area contributed by atoms with E-state index in [1.165, 1.54) is 0 Å². The Bertz CT molecular complexity index is 549. The molecular weight excluding hydrogens is 314 g/mol. The van der Waals surface area contributed by atoms with Gasteiger partial charge in [0.15, 0.2) is 11.6 Å². The molecule has 0 aliphatic carbocycles. The summed E-state index contributed by atoms with van der Waals surface area (Å²) in [5.41, 5.74) is 0. The van der Waals surface area contributed by atoms with Crippen LogP contribution in [0.15, 0.2) is 17.0 Å². The number of unbranched alkanes of at least 4 members (excludes halogenated alkanes) is 1. The van der Waals surface area contributed by atoms with E-state index in [-0.39, 0.29) is 13.2 Å². The van der Waals surface area contributed by atoms with Gasteiger partial charge in [-0.15, -0.1) is 0 Å². The van der Waals surface area contributed by atoms with Crippen molar-refractivity contribution in [2.24, 2.45) is 0 Å². The normalized spacial score (nSPS) is 11.6. The van der Waals surface area contributed by atoms with E-state index >= 15 is 0 Å². The monoisotopic (exact) mass is 328 g/mol. The molecule has 0 saturated heterocycles. The van der Waals surface area contributed by atoms with Gasteiger partial charge in [-0.1, -0.05) is 13.3 Å². The second-order valence-corrected chi connectivity index (χ2v) is 6.50. The second-order valence-electron chi connectivity index (χ2n) is 3.97. The van der Waals surface area contributed by atoms with Gasteiger partial charge in [-0.2, -0.15) is 0 Å². The molecule has 0 aliphatic rings. The van der Waals surface area contributed by atoms with Crippen molar-refractivity contribution in [3.63, 3.8) is 0 Å². The third kappa shape index (κ3) is 5.22. The summed E-state index contributed by atoms with van der Waals surface area (Å²) >= 11 is 0. The first kappa shape index (κ1) is 17.1. The Morgan fingerprint density at radius 2 is 1.90 bits per heavy atom. The maximum absolute atomic E-state index is 13.5. The molecule has 1 rings (SSSR count). The summed E-state index contributed by atoms with van der Waals surface area (Å²) < 4.78 is 59.3. The van der Waals surface area contributed by atoms with Gasteiger partial charge in [-0.05, 0) is 12.5 Å². The van der Waals surface area contributed by atoms with Crippen molar-refractivity contribution in [1.29, 1.82) is 0 Å². The molecule has 0 amide bonds. The molecule has 0 heterocycles. The van der Waals surface area contributed by atoms with Crippen LogP contribution in [0.25, 0.3) is 0 Å². The van der Waals surface area contributed by atoms with Gasteiger partial charge >= 0.3 is 0 Å². The Morgan fingerprint density at radius 3 is 2.50 bits per heavy atom. The number of halogens is 3. The zero-order chi connectivity index (χ0) is 15.2. The third-order valence-corrected chi connectivity index (χ3v) is 3.68. The van der Waals surface area contributed by atoms with Gasteiger partial charge in [0, 0.05) is 23.4 Å². The molecule has 0 spiro atoms. The number of ether oxygens (including phenoxy) is 2. The van der Waals surface area contributed by atoms with Gasteiger partial charge in [-0.3, -0.25) is 0 Å². The van der Waals surface area contributed by atoms with Crippen LogP contribution in [-0.2, 0) is 13.8 Å². The van der Waals surface area contributed by atoms with Crippen LogP contribution in [0.2, 0.25) is 0 Å². The first-order valence-electron chi connectivity index (χ1n) is 6.00. The summed E-state index contributed by atoms with van der Waals surface area (Å²) in [7, 11) is 0.813. The molecule has 0 N–H and O–H groups in total. The van der Waals surface area contributed by atoms with Crippen LogP contribution < -0.4 is 4.74 Å². The Balaban J connectivity index is 2.74. The first-order valence-corrected chi connectivity index (χ1v) is 8.31. The standard InChI is InChI=1S/C12H15ClF2O4S/c1-2-3-4-18-5-6-19-12-10(15)7-9(14)8-11(12)20(13,16)17/h7-8H,2-6H2,1H3. The average molecular weight is 329 g/mol. The summed E-state index contributed by atoms with van der Waals surface area (Å²) in [6.07, 6.45) is 1.86. The Hall–Kier alpha value is -0.920. The smallest absolute Gasteiger partial charge is 0.265 e. The molecule has 1 aromatic rings. The zero-order valence-electron chi connectivity index (χ0n) is 10.9. The highest BCUT2D eigenvalue weighted by atomic mass is 35.7. The van der Waals surface area contributed by atoms with Crippen molar-refractivity contribution in [2.45, 2.75) is 24.7 Å².